The lowest BCUT2D eigenvalue weighted by Gasteiger charge is -2.10. The minimum absolute atomic E-state index is 0.170. The Kier molecular flexibility index (Phi) is 7.48. The van der Waals surface area contributed by atoms with Crippen molar-refractivity contribution in [2.24, 2.45) is 0 Å². The first-order valence-electron chi connectivity index (χ1n) is 12.0. The van der Waals surface area contributed by atoms with Crippen molar-refractivity contribution in [1.29, 1.82) is 0 Å². The zero-order valence-electron chi connectivity index (χ0n) is 21.1. The number of rotatable bonds is 8. The molecule has 0 unspecified atom stereocenters. The van der Waals surface area contributed by atoms with Gasteiger partial charge in [-0.1, -0.05) is 54.1 Å². The number of allylic oxidation sites excluding steroid dienone is 1. The average molecular weight is 539 g/mol. The fraction of sp³-hybridized carbons (Fsp3) is 0.0625. The second kappa shape index (κ2) is 11.3. The maximum absolute atomic E-state index is 13.6. The van der Waals surface area contributed by atoms with E-state index in [9.17, 15) is 9.59 Å². The van der Waals surface area contributed by atoms with Crippen LogP contribution in [-0.2, 0) is 0 Å². The van der Waals surface area contributed by atoms with Gasteiger partial charge < -0.3 is 18.6 Å². The molecule has 5 aromatic rings. The van der Waals surface area contributed by atoms with Gasteiger partial charge in [-0.15, -0.1) is 0 Å². The number of benzene rings is 4. The van der Waals surface area contributed by atoms with Crippen molar-refractivity contribution < 1.29 is 28.2 Å². The summed E-state index contributed by atoms with van der Waals surface area (Å²) in [5.74, 6) is 0.746. The Balaban J connectivity index is 1.45. The Hall–Kier alpha value is -4.81. The fourth-order valence-electron chi connectivity index (χ4n) is 4.10. The van der Waals surface area contributed by atoms with Crippen LogP contribution in [0.2, 0.25) is 5.02 Å². The van der Waals surface area contributed by atoms with Crippen molar-refractivity contribution in [3.05, 3.63) is 119 Å². The lowest BCUT2D eigenvalue weighted by Crippen LogP contribution is -2.10. The van der Waals surface area contributed by atoms with E-state index >= 15 is 0 Å². The van der Waals surface area contributed by atoms with Crippen LogP contribution in [0.1, 0.15) is 26.3 Å². The topological polar surface area (TPSA) is 75.0 Å². The van der Waals surface area contributed by atoms with Gasteiger partial charge in [0.25, 0.3) is 0 Å². The predicted molar refractivity (Wildman–Crippen MR) is 151 cm³/mol. The number of ketones is 1. The van der Waals surface area contributed by atoms with Gasteiger partial charge in [-0.3, -0.25) is 4.79 Å². The van der Waals surface area contributed by atoms with Crippen molar-refractivity contribution in [2.75, 3.05) is 14.2 Å². The van der Waals surface area contributed by atoms with E-state index in [1.807, 2.05) is 30.3 Å². The highest BCUT2D eigenvalue weighted by atomic mass is 35.5. The molecule has 0 bridgehead atoms. The van der Waals surface area contributed by atoms with Crippen molar-refractivity contribution in [3.8, 4) is 28.6 Å². The van der Waals surface area contributed by atoms with Crippen molar-refractivity contribution in [2.45, 2.75) is 0 Å². The Bertz CT molecular complexity index is 1680. The molecule has 194 valence electrons. The van der Waals surface area contributed by atoms with E-state index < -0.39 is 5.97 Å². The number of fused-ring (bicyclic) bond motifs is 1. The number of ether oxygens (including phenoxy) is 3. The molecule has 4 aromatic carbocycles. The lowest BCUT2D eigenvalue weighted by molar-refractivity contribution is 0.0731. The predicted octanol–water partition coefficient (Wildman–Crippen LogP) is 7.89. The third-order valence-corrected chi connectivity index (χ3v) is 6.33. The van der Waals surface area contributed by atoms with Crippen molar-refractivity contribution >= 4 is 40.4 Å². The lowest BCUT2D eigenvalue weighted by atomic mass is 10.1. The first-order valence-corrected chi connectivity index (χ1v) is 12.4. The van der Waals surface area contributed by atoms with Gasteiger partial charge in [0.05, 0.1) is 14.2 Å². The van der Waals surface area contributed by atoms with Gasteiger partial charge in [0, 0.05) is 21.5 Å². The molecular formula is C32H23ClO6. The average Bonchev–Trinajstić information content (AvgIpc) is 3.36. The first kappa shape index (κ1) is 25.8. The number of carbonyl (C=O) groups is 2. The van der Waals surface area contributed by atoms with Gasteiger partial charge in [-0.25, -0.2) is 4.79 Å². The summed E-state index contributed by atoms with van der Waals surface area (Å²) in [6.45, 7) is 0. The first-order chi connectivity index (χ1) is 19.0. The molecule has 0 aliphatic carbocycles. The molecule has 0 saturated heterocycles. The summed E-state index contributed by atoms with van der Waals surface area (Å²) in [5.41, 5.74) is 2.75. The summed E-state index contributed by atoms with van der Waals surface area (Å²) in [6.07, 6.45) is 3.12. The molecule has 5 rings (SSSR count). The van der Waals surface area contributed by atoms with Gasteiger partial charge in [0.15, 0.2) is 17.3 Å². The molecule has 0 saturated carbocycles. The number of methoxy groups -OCH3 is 2. The smallest absolute Gasteiger partial charge is 0.348 e. The molecule has 0 amide bonds. The quantitative estimate of drug-likeness (QED) is 0.0865. The van der Waals surface area contributed by atoms with E-state index in [4.69, 9.17) is 30.2 Å². The monoisotopic (exact) mass is 538 g/mol. The number of furan rings is 1. The second-order valence-electron chi connectivity index (χ2n) is 8.54. The largest absolute Gasteiger partial charge is 0.497 e. The molecule has 1 heterocycles. The van der Waals surface area contributed by atoms with Crippen LogP contribution in [0, 0.1) is 0 Å². The molecular weight excluding hydrogens is 516 g/mol. The summed E-state index contributed by atoms with van der Waals surface area (Å²) in [4.78, 5) is 26.1. The summed E-state index contributed by atoms with van der Waals surface area (Å²) in [6, 6.07) is 26.3. The number of esters is 1. The highest BCUT2D eigenvalue weighted by Crippen LogP contribution is 2.37. The van der Waals surface area contributed by atoms with E-state index in [0.717, 1.165) is 5.56 Å². The standard InChI is InChI=1S/C32H23ClO6/c1-36-24-14-17-27-25(19-24)30(31(38-27)22-6-4-3-5-7-22)32(35)39-28-16-9-20(18-29(28)37-2)8-15-26(34)21-10-12-23(33)13-11-21/h3-19H,1-2H3. The van der Waals surface area contributed by atoms with Crippen LogP contribution in [0.3, 0.4) is 0 Å². The Morgan fingerprint density at radius 1 is 0.821 bits per heavy atom. The Labute approximate surface area is 230 Å². The van der Waals surface area contributed by atoms with E-state index in [1.54, 1.807) is 73.8 Å². The fourth-order valence-corrected chi connectivity index (χ4v) is 4.23. The third-order valence-electron chi connectivity index (χ3n) is 6.08. The normalized spacial score (nSPS) is 11.1. The van der Waals surface area contributed by atoms with Crippen molar-refractivity contribution in [3.63, 3.8) is 0 Å². The molecule has 0 radical (unpaired) electrons. The molecule has 39 heavy (non-hydrogen) atoms. The highest BCUT2D eigenvalue weighted by Gasteiger charge is 2.25. The Morgan fingerprint density at radius 3 is 2.31 bits per heavy atom. The van der Waals surface area contributed by atoms with E-state index in [0.29, 0.717) is 44.4 Å². The van der Waals surface area contributed by atoms with Gasteiger partial charge in [0.1, 0.15) is 22.7 Å². The van der Waals surface area contributed by atoms with Gasteiger partial charge in [-0.05, 0) is 66.2 Å². The highest BCUT2D eigenvalue weighted by molar-refractivity contribution is 6.30. The SMILES string of the molecule is COc1ccc2oc(-c3ccccc3)c(C(=O)Oc3ccc(C=CC(=O)c4ccc(Cl)cc4)cc3OC)c2c1. The van der Waals surface area contributed by atoms with Gasteiger partial charge >= 0.3 is 5.97 Å². The van der Waals surface area contributed by atoms with Crippen LogP contribution >= 0.6 is 11.6 Å². The summed E-state index contributed by atoms with van der Waals surface area (Å²) >= 11 is 5.90. The van der Waals surface area contributed by atoms with Gasteiger partial charge in [-0.2, -0.15) is 0 Å². The van der Waals surface area contributed by atoms with E-state index in [1.165, 1.54) is 13.2 Å². The van der Waals surface area contributed by atoms with Crippen LogP contribution in [0.5, 0.6) is 17.2 Å². The summed E-state index contributed by atoms with van der Waals surface area (Å²) < 4.78 is 22.8. The molecule has 0 atom stereocenters. The van der Waals surface area contributed by atoms with Crippen molar-refractivity contribution in [1.82, 2.24) is 0 Å². The molecule has 0 aliphatic rings. The molecule has 1 aromatic heterocycles. The zero-order chi connectivity index (χ0) is 27.4. The van der Waals surface area contributed by atoms with Crippen LogP contribution in [0.4, 0.5) is 0 Å². The Morgan fingerprint density at radius 2 is 1.59 bits per heavy atom. The maximum atomic E-state index is 13.6. The van der Waals surface area contributed by atoms with E-state index in [2.05, 4.69) is 0 Å². The van der Waals surface area contributed by atoms with E-state index in [-0.39, 0.29) is 17.1 Å². The molecule has 0 fully saturated rings. The minimum atomic E-state index is -0.611. The van der Waals surface area contributed by atoms with Gasteiger partial charge in [0.2, 0.25) is 0 Å². The summed E-state index contributed by atoms with van der Waals surface area (Å²) in [5, 5.41) is 1.13. The third kappa shape index (κ3) is 5.56. The van der Waals surface area contributed by atoms with Crippen LogP contribution in [0.15, 0.2) is 101 Å². The maximum Gasteiger partial charge on any atom is 0.348 e. The van der Waals surface area contributed by atoms with Crippen LogP contribution < -0.4 is 14.2 Å². The molecule has 0 spiro atoms. The second-order valence-corrected chi connectivity index (χ2v) is 8.98. The van der Waals surface area contributed by atoms with Crippen LogP contribution in [0.25, 0.3) is 28.4 Å². The summed E-state index contributed by atoms with van der Waals surface area (Å²) in [7, 11) is 3.04. The number of hydrogen-bond acceptors (Lipinski definition) is 6. The number of halogens is 1. The molecule has 0 N–H and O–H groups in total. The number of hydrogen-bond donors (Lipinski definition) is 0. The van der Waals surface area contributed by atoms with Crippen LogP contribution in [-0.4, -0.2) is 26.0 Å². The molecule has 0 aliphatic heterocycles. The zero-order valence-corrected chi connectivity index (χ0v) is 21.9. The minimum Gasteiger partial charge on any atom is -0.497 e. The molecule has 6 nitrogen and oxygen atoms in total. The molecule has 7 heteroatoms. The number of carbonyl (C=O) groups excluding carboxylic acids is 2.